The lowest BCUT2D eigenvalue weighted by molar-refractivity contribution is -0.140. The first kappa shape index (κ1) is 28.9. The molecule has 0 saturated heterocycles. The van der Waals surface area contributed by atoms with Crippen LogP contribution in [0.3, 0.4) is 0 Å². The fourth-order valence-electron chi connectivity index (χ4n) is 4.12. The Labute approximate surface area is 215 Å². The topological polar surface area (TPSA) is 87.7 Å². The Morgan fingerprint density at radius 3 is 2.03 bits per heavy atom. The minimum absolute atomic E-state index is 0.131. The van der Waals surface area contributed by atoms with E-state index in [9.17, 15) is 14.4 Å². The molecule has 0 aromatic heterocycles. The molecule has 0 radical (unpaired) electrons. The maximum atomic E-state index is 13.9. The number of hydrogen-bond donors (Lipinski definition) is 2. The molecule has 196 valence electrons. The van der Waals surface area contributed by atoms with E-state index in [1.54, 1.807) is 20.8 Å². The molecule has 0 fully saturated rings. The Balaban J connectivity index is 2.44. The summed E-state index contributed by atoms with van der Waals surface area (Å²) in [5.41, 5.74) is 2.61. The predicted octanol–water partition coefficient (Wildman–Crippen LogP) is 5.77. The van der Waals surface area contributed by atoms with Gasteiger partial charge in [-0.05, 0) is 70.6 Å². The zero-order valence-corrected chi connectivity index (χ0v) is 22.8. The Morgan fingerprint density at radius 1 is 0.944 bits per heavy atom. The summed E-state index contributed by atoms with van der Waals surface area (Å²) in [6, 6.07) is 13.3. The summed E-state index contributed by atoms with van der Waals surface area (Å²) in [4.78, 5) is 41.8. The maximum Gasteiger partial charge on any atom is 0.408 e. The van der Waals surface area contributed by atoms with Gasteiger partial charge in [-0.15, -0.1) is 0 Å². The van der Waals surface area contributed by atoms with Crippen molar-refractivity contribution < 1.29 is 19.1 Å². The zero-order valence-electron chi connectivity index (χ0n) is 22.8. The number of nitrogens with one attached hydrogen (secondary N) is 2. The second-order valence-electron chi connectivity index (χ2n) is 10.5. The molecule has 7 heteroatoms. The van der Waals surface area contributed by atoms with Crippen LogP contribution in [0.2, 0.25) is 0 Å². The lowest BCUT2D eigenvalue weighted by Gasteiger charge is -2.34. The molecular formula is C29H41N3O4. The number of nitrogens with zero attached hydrogens (tertiary/aromatic N) is 1. The lowest BCUT2D eigenvalue weighted by Crippen LogP contribution is -2.52. The molecule has 0 heterocycles. The summed E-state index contributed by atoms with van der Waals surface area (Å²) < 4.78 is 5.41. The minimum atomic E-state index is -0.877. The molecule has 2 aromatic rings. The Morgan fingerprint density at radius 2 is 1.53 bits per heavy atom. The smallest absolute Gasteiger partial charge is 0.408 e. The number of carbonyl (C=O) groups excluding carboxylic acids is 3. The van der Waals surface area contributed by atoms with Gasteiger partial charge in [-0.3, -0.25) is 9.59 Å². The van der Waals surface area contributed by atoms with Crippen LogP contribution in [0.5, 0.6) is 0 Å². The number of benzene rings is 2. The first-order chi connectivity index (χ1) is 16.8. The van der Waals surface area contributed by atoms with Gasteiger partial charge in [-0.25, -0.2) is 4.79 Å². The molecule has 2 aromatic carbocycles. The fraction of sp³-hybridized carbons (Fsp3) is 0.483. The number of likely N-dealkylation sites (N-methyl/N-ethyl adjacent to an activating group) is 1. The van der Waals surface area contributed by atoms with Crippen LogP contribution in [-0.4, -0.2) is 41.0 Å². The molecular weight excluding hydrogens is 454 g/mol. The molecule has 0 bridgehead atoms. The van der Waals surface area contributed by atoms with E-state index in [2.05, 4.69) is 10.6 Å². The number of alkyl carbamates (subject to hydrolysis) is 1. The van der Waals surface area contributed by atoms with E-state index in [4.69, 9.17) is 4.74 Å². The molecule has 2 rings (SSSR count). The number of anilines is 1. The Hall–Kier alpha value is -3.35. The van der Waals surface area contributed by atoms with Crippen LogP contribution >= 0.6 is 0 Å². The van der Waals surface area contributed by atoms with Crippen LogP contribution in [0.4, 0.5) is 10.5 Å². The highest BCUT2D eigenvalue weighted by molar-refractivity contribution is 5.99. The predicted molar refractivity (Wildman–Crippen MR) is 144 cm³/mol. The number of aryl methyl sites for hydroxylation is 2. The van der Waals surface area contributed by atoms with Gasteiger partial charge in [0.2, 0.25) is 5.91 Å². The number of rotatable bonds is 9. The van der Waals surface area contributed by atoms with Gasteiger partial charge in [0, 0.05) is 12.2 Å². The average molecular weight is 496 g/mol. The molecule has 36 heavy (non-hydrogen) atoms. The van der Waals surface area contributed by atoms with E-state index >= 15 is 0 Å². The van der Waals surface area contributed by atoms with Crippen LogP contribution < -0.4 is 10.6 Å². The van der Waals surface area contributed by atoms with E-state index in [-0.39, 0.29) is 24.3 Å². The molecule has 3 amide bonds. The number of ether oxygens (including phenoxy) is 1. The standard InChI is InChI=1S/C29H41N3O4/c1-9-32(27(34)23(18-19(2)3)30-28(35)36-29(6,7)8)25(22-16-11-10-12-17-22)26(33)31-24-20(4)14-13-15-21(24)5/h10-17,19,23,25H,9,18H2,1-8H3,(H,30,35)(H,31,33). The molecule has 0 aliphatic heterocycles. The van der Waals surface area contributed by atoms with E-state index in [1.807, 2.05) is 83.1 Å². The zero-order chi connectivity index (χ0) is 27.0. The van der Waals surface area contributed by atoms with Gasteiger partial charge in [0.05, 0.1) is 0 Å². The summed E-state index contributed by atoms with van der Waals surface area (Å²) >= 11 is 0. The van der Waals surface area contributed by atoms with Crippen molar-refractivity contribution in [1.82, 2.24) is 10.2 Å². The fourth-order valence-corrected chi connectivity index (χ4v) is 4.12. The van der Waals surface area contributed by atoms with Crippen LogP contribution in [0.15, 0.2) is 48.5 Å². The molecule has 0 spiro atoms. The average Bonchev–Trinajstić information content (AvgIpc) is 2.78. The van der Waals surface area contributed by atoms with Crippen LogP contribution in [-0.2, 0) is 14.3 Å². The molecule has 0 saturated carbocycles. The third-order valence-electron chi connectivity index (χ3n) is 5.72. The highest BCUT2D eigenvalue weighted by atomic mass is 16.6. The summed E-state index contributed by atoms with van der Waals surface area (Å²) in [7, 11) is 0. The largest absolute Gasteiger partial charge is 0.444 e. The van der Waals surface area contributed by atoms with E-state index in [0.717, 1.165) is 16.8 Å². The third-order valence-corrected chi connectivity index (χ3v) is 5.72. The van der Waals surface area contributed by atoms with Crippen molar-refractivity contribution in [2.45, 2.75) is 79.5 Å². The minimum Gasteiger partial charge on any atom is -0.444 e. The molecule has 0 aliphatic carbocycles. The normalized spacial score (nSPS) is 13.0. The van der Waals surface area contributed by atoms with Gasteiger partial charge in [0.1, 0.15) is 17.7 Å². The number of para-hydroxylation sites is 1. The summed E-state index contributed by atoms with van der Waals surface area (Å²) in [5.74, 6) is -0.511. The van der Waals surface area contributed by atoms with Crippen molar-refractivity contribution in [3.63, 3.8) is 0 Å². The second-order valence-corrected chi connectivity index (χ2v) is 10.5. The molecule has 0 aliphatic rings. The first-order valence-electron chi connectivity index (χ1n) is 12.6. The van der Waals surface area contributed by atoms with Gasteiger partial charge < -0.3 is 20.3 Å². The number of hydrogen-bond acceptors (Lipinski definition) is 4. The number of carbonyl (C=O) groups is 3. The number of amides is 3. The summed E-state index contributed by atoms with van der Waals surface area (Å²) in [6.07, 6.45) is -0.247. The van der Waals surface area contributed by atoms with Crippen molar-refractivity contribution in [1.29, 1.82) is 0 Å². The third kappa shape index (κ3) is 8.11. The maximum absolute atomic E-state index is 13.9. The van der Waals surface area contributed by atoms with Crippen LogP contribution in [0.1, 0.15) is 70.7 Å². The lowest BCUT2D eigenvalue weighted by atomic mass is 9.99. The van der Waals surface area contributed by atoms with Gasteiger partial charge in [-0.1, -0.05) is 62.4 Å². The Bertz CT molecular complexity index is 1020. The van der Waals surface area contributed by atoms with Crippen LogP contribution in [0.25, 0.3) is 0 Å². The summed E-state index contributed by atoms with van der Waals surface area (Å²) in [5, 5.41) is 5.80. The quantitative estimate of drug-likeness (QED) is 0.462. The van der Waals surface area contributed by atoms with E-state index in [1.165, 1.54) is 4.90 Å². The summed E-state index contributed by atoms with van der Waals surface area (Å²) in [6.45, 7) is 15.3. The highest BCUT2D eigenvalue weighted by Gasteiger charge is 2.36. The SMILES string of the molecule is CCN(C(=O)C(CC(C)C)NC(=O)OC(C)(C)C)C(C(=O)Nc1c(C)cccc1C)c1ccccc1. The van der Waals surface area contributed by atoms with Gasteiger partial charge in [-0.2, -0.15) is 0 Å². The van der Waals surface area contributed by atoms with Crippen molar-refractivity contribution in [3.8, 4) is 0 Å². The van der Waals surface area contributed by atoms with Gasteiger partial charge >= 0.3 is 6.09 Å². The van der Waals surface area contributed by atoms with Crippen molar-refractivity contribution >= 4 is 23.6 Å². The monoisotopic (exact) mass is 495 g/mol. The highest BCUT2D eigenvalue weighted by Crippen LogP contribution is 2.27. The molecule has 2 atom stereocenters. The van der Waals surface area contributed by atoms with Crippen LogP contribution in [0, 0.1) is 19.8 Å². The molecule has 2 unspecified atom stereocenters. The molecule has 2 N–H and O–H groups in total. The van der Waals surface area contributed by atoms with E-state index < -0.39 is 23.8 Å². The Kier molecular flexibility index (Phi) is 10.1. The molecule has 7 nitrogen and oxygen atoms in total. The van der Waals surface area contributed by atoms with Crippen molar-refractivity contribution in [2.75, 3.05) is 11.9 Å². The second kappa shape index (κ2) is 12.6. The van der Waals surface area contributed by atoms with E-state index in [0.29, 0.717) is 12.0 Å². The van der Waals surface area contributed by atoms with Gasteiger partial charge in [0.15, 0.2) is 0 Å². The first-order valence-corrected chi connectivity index (χ1v) is 12.6. The van der Waals surface area contributed by atoms with Gasteiger partial charge in [0.25, 0.3) is 5.91 Å². The van der Waals surface area contributed by atoms with Crippen molar-refractivity contribution in [3.05, 3.63) is 65.2 Å². The van der Waals surface area contributed by atoms with Crippen molar-refractivity contribution in [2.24, 2.45) is 5.92 Å².